The van der Waals surface area contributed by atoms with Crippen LogP contribution in [0.2, 0.25) is 0 Å². The number of allylic oxidation sites excluding steroid dienone is 12. The predicted molar refractivity (Wildman–Crippen MR) is 288 cm³/mol. The molecule has 0 amide bonds. The van der Waals surface area contributed by atoms with Gasteiger partial charge in [-0.2, -0.15) is 0 Å². The fourth-order valence-electron chi connectivity index (χ4n) is 7.88. The van der Waals surface area contributed by atoms with Gasteiger partial charge >= 0.3 is 17.9 Å². The summed E-state index contributed by atoms with van der Waals surface area (Å²) in [6.07, 6.45) is 70.4. The van der Waals surface area contributed by atoms with E-state index in [0.717, 1.165) is 103 Å². The van der Waals surface area contributed by atoms with E-state index in [9.17, 15) is 14.4 Å². The van der Waals surface area contributed by atoms with Gasteiger partial charge < -0.3 is 14.2 Å². The van der Waals surface area contributed by atoms with Crippen LogP contribution in [-0.2, 0) is 28.6 Å². The maximum absolute atomic E-state index is 12.8. The zero-order valence-corrected chi connectivity index (χ0v) is 44.2. The van der Waals surface area contributed by atoms with E-state index >= 15 is 0 Å². The first-order valence-corrected chi connectivity index (χ1v) is 28.4. The first-order valence-electron chi connectivity index (χ1n) is 28.4. The number of carbonyl (C=O) groups excluding carboxylic acids is 3. The molecule has 0 aliphatic carbocycles. The van der Waals surface area contributed by atoms with Gasteiger partial charge in [0, 0.05) is 19.3 Å². The van der Waals surface area contributed by atoms with Gasteiger partial charge in [0.2, 0.25) is 0 Å². The van der Waals surface area contributed by atoms with Gasteiger partial charge in [-0.05, 0) is 103 Å². The van der Waals surface area contributed by atoms with Crippen molar-refractivity contribution in [2.45, 2.75) is 284 Å². The highest BCUT2D eigenvalue weighted by Gasteiger charge is 2.19. The summed E-state index contributed by atoms with van der Waals surface area (Å²) in [6.45, 7) is 6.47. The molecule has 0 aromatic rings. The van der Waals surface area contributed by atoms with E-state index < -0.39 is 6.10 Å². The lowest BCUT2D eigenvalue weighted by Gasteiger charge is -2.18. The van der Waals surface area contributed by atoms with Crippen molar-refractivity contribution in [2.24, 2.45) is 0 Å². The molecule has 0 bridgehead atoms. The third-order valence-corrected chi connectivity index (χ3v) is 12.2. The summed E-state index contributed by atoms with van der Waals surface area (Å²) in [6, 6.07) is 0. The molecule has 0 unspecified atom stereocenters. The first kappa shape index (κ1) is 63.8. The minimum absolute atomic E-state index is 0.0877. The second kappa shape index (κ2) is 55.4. The Morgan fingerprint density at radius 3 is 0.970 bits per heavy atom. The van der Waals surface area contributed by atoms with E-state index in [2.05, 4.69) is 93.7 Å². The van der Waals surface area contributed by atoms with Crippen molar-refractivity contribution in [3.05, 3.63) is 72.9 Å². The highest BCUT2D eigenvalue weighted by Crippen LogP contribution is 2.15. The van der Waals surface area contributed by atoms with Crippen LogP contribution in [0.15, 0.2) is 72.9 Å². The highest BCUT2D eigenvalue weighted by atomic mass is 16.6. The molecule has 0 aliphatic heterocycles. The van der Waals surface area contributed by atoms with E-state index in [0.29, 0.717) is 19.3 Å². The van der Waals surface area contributed by atoms with Crippen molar-refractivity contribution < 1.29 is 28.6 Å². The second-order valence-electron chi connectivity index (χ2n) is 18.8. The van der Waals surface area contributed by atoms with Gasteiger partial charge in [-0.15, -0.1) is 0 Å². The maximum Gasteiger partial charge on any atom is 0.306 e. The van der Waals surface area contributed by atoms with Crippen molar-refractivity contribution >= 4 is 17.9 Å². The van der Waals surface area contributed by atoms with E-state index in [4.69, 9.17) is 14.2 Å². The van der Waals surface area contributed by atoms with Crippen molar-refractivity contribution in [3.63, 3.8) is 0 Å². The second-order valence-corrected chi connectivity index (χ2v) is 18.8. The Hall–Kier alpha value is -3.15. The predicted octanol–water partition coefficient (Wildman–Crippen LogP) is 19.0. The first-order chi connectivity index (χ1) is 33.0. The number of rotatable bonds is 51. The van der Waals surface area contributed by atoms with Crippen LogP contribution in [0.1, 0.15) is 278 Å². The molecule has 6 nitrogen and oxygen atoms in total. The molecule has 386 valence electrons. The molecular formula is C61H106O6. The molecule has 0 N–H and O–H groups in total. The van der Waals surface area contributed by atoms with Crippen molar-refractivity contribution in [3.8, 4) is 0 Å². The summed E-state index contributed by atoms with van der Waals surface area (Å²) in [5.74, 6) is -0.917. The van der Waals surface area contributed by atoms with E-state index in [-0.39, 0.29) is 31.1 Å². The highest BCUT2D eigenvalue weighted by molar-refractivity contribution is 5.71. The summed E-state index contributed by atoms with van der Waals surface area (Å²) in [4.78, 5) is 38.1. The molecule has 0 fully saturated rings. The topological polar surface area (TPSA) is 78.9 Å². The fourth-order valence-corrected chi connectivity index (χ4v) is 7.88. The molecule has 0 rings (SSSR count). The molecule has 0 aliphatic rings. The summed E-state index contributed by atoms with van der Waals surface area (Å²) < 4.78 is 16.8. The maximum atomic E-state index is 12.8. The number of ether oxygens (including phenoxy) is 3. The largest absolute Gasteiger partial charge is 0.462 e. The van der Waals surface area contributed by atoms with Gasteiger partial charge in [0.25, 0.3) is 0 Å². The lowest BCUT2D eigenvalue weighted by molar-refractivity contribution is -0.167. The molecule has 67 heavy (non-hydrogen) atoms. The van der Waals surface area contributed by atoms with Crippen molar-refractivity contribution in [1.29, 1.82) is 0 Å². The van der Waals surface area contributed by atoms with Crippen LogP contribution in [0.25, 0.3) is 0 Å². The summed E-state index contributed by atoms with van der Waals surface area (Å²) in [7, 11) is 0. The molecule has 0 aromatic carbocycles. The van der Waals surface area contributed by atoms with Crippen LogP contribution in [0.5, 0.6) is 0 Å². The van der Waals surface area contributed by atoms with Crippen molar-refractivity contribution in [2.75, 3.05) is 13.2 Å². The average molecular weight is 936 g/mol. The van der Waals surface area contributed by atoms with Crippen LogP contribution in [0, 0.1) is 0 Å². The van der Waals surface area contributed by atoms with Crippen LogP contribution in [0.4, 0.5) is 0 Å². The number of esters is 3. The van der Waals surface area contributed by atoms with E-state index in [1.807, 2.05) is 0 Å². The summed E-state index contributed by atoms with van der Waals surface area (Å²) in [5, 5.41) is 0. The fraction of sp³-hybridized carbons (Fsp3) is 0.754. The zero-order valence-electron chi connectivity index (χ0n) is 44.2. The lowest BCUT2D eigenvalue weighted by atomic mass is 10.0. The number of carbonyl (C=O) groups is 3. The average Bonchev–Trinajstić information content (AvgIpc) is 3.33. The van der Waals surface area contributed by atoms with Gasteiger partial charge in [-0.25, -0.2) is 0 Å². The Bertz CT molecular complexity index is 1260. The molecule has 0 radical (unpaired) electrons. The van der Waals surface area contributed by atoms with Crippen LogP contribution < -0.4 is 0 Å². The number of hydrogen-bond donors (Lipinski definition) is 0. The molecule has 6 heteroatoms. The number of unbranched alkanes of at least 4 members (excludes halogenated alkanes) is 28. The van der Waals surface area contributed by atoms with Gasteiger partial charge in [0.1, 0.15) is 13.2 Å². The third kappa shape index (κ3) is 53.7. The molecule has 0 heterocycles. The quantitative estimate of drug-likeness (QED) is 0.0262. The molecule has 1 atom stereocenters. The Balaban J connectivity index is 4.34. The molecule has 0 saturated carbocycles. The lowest BCUT2D eigenvalue weighted by Crippen LogP contribution is -2.30. The normalized spacial score (nSPS) is 12.6. The Morgan fingerprint density at radius 2 is 0.597 bits per heavy atom. The number of hydrogen-bond acceptors (Lipinski definition) is 6. The molecular weight excluding hydrogens is 829 g/mol. The van der Waals surface area contributed by atoms with Crippen molar-refractivity contribution in [1.82, 2.24) is 0 Å². The Labute approximate surface area is 414 Å². The summed E-state index contributed by atoms with van der Waals surface area (Å²) in [5.41, 5.74) is 0. The van der Waals surface area contributed by atoms with Crippen LogP contribution in [0.3, 0.4) is 0 Å². The molecule has 0 saturated heterocycles. The minimum atomic E-state index is -0.791. The molecule has 0 spiro atoms. The van der Waals surface area contributed by atoms with Gasteiger partial charge in [0.15, 0.2) is 6.10 Å². The molecule has 0 aromatic heterocycles. The van der Waals surface area contributed by atoms with Crippen LogP contribution >= 0.6 is 0 Å². The van der Waals surface area contributed by atoms with E-state index in [1.165, 1.54) is 135 Å². The third-order valence-electron chi connectivity index (χ3n) is 12.2. The van der Waals surface area contributed by atoms with Gasteiger partial charge in [0.05, 0.1) is 0 Å². The Morgan fingerprint density at radius 1 is 0.313 bits per heavy atom. The zero-order chi connectivity index (χ0) is 48.6. The van der Waals surface area contributed by atoms with E-state index in [1.54, 1.807) is 0 Å². The monoisotopic (exact) mass is 935 g/mol. The Kier molecular flexibility index (Phi) is 52.8. The summed E-state index contributed by atoms with van der Waals surface area (Å²) >= 11 is 0. The van der Waals surface area contributed by atoms with Gasteiger partial charge in [-0.1, -0.05) is 229 Å². The van der Waals surface area contributed by atoms with Gasteiger partial charge in [-0.3, -0.25) is 14.4 Å². The SMILES string of the molecule is CC/C=C\C/C=C\C/C=C\C/C=C\CCCCCCC(=O)O[C@@H](COC(=O)CCCCCCC/C=C\CCCC)COC(=O)CCCCCCCCCCCCC/C=C\CCCCCCCC. The minimum Gasteiger partial charge on any atom is -0.462 e. The standard InChI is InChI=1S/C61H106O6/c1-4-7-10-13-16-19-22-24-26-28-29-30-31-33-34-36-39-42-45-48-51-54-60(63)66-57-58(56-65-59(62)53-50-47-44-41-38-21-18-15-12-9-6-3)67-61(64)55-52-49-46-43-40-37-35-32-27-25-23-20-17-14-11-8-5-2/h8,11,15,17-18,20,24-27,35,37,58H,4-7,9-10,12-14,16,19,21-23,28-34,36,38-57H2,1-3H3/b11-8-,18-15-,20-17-,26-24-,27-25-,37-35-/t58-/m0/s1. The smallest absolute Gasteiger partial charge is 0.306 e. The van der Waals surface area contributed by atoms with Crippen LogP contribution in [-0.4, -0.2) is 37.2 Å².